The molecule has 0 radical (unpaired) electrons. The number of benzene rings is 1. The largest absolute Gasteiger partial charge is 0.354 e. The molecule has 0 bridgehead atoms. The molecule has 0 aliphatic heterocycles. The van der Waals surface area contributed by atoms with E-state index in [2.05, 4.69) is 4.72 Å². The van der Waals surface area contributed by atoms with Gasteiger partial charge in [-0.15, -0.1) is 0 Å². The average molecular weight is 304 g/mol. The maximum absolute atomic E-state index is 12.3. The molecule has 0 atom stereocenters. The Morgan fingerprint density at radius 1 is 1.10 bits per heavy atom. The summed E-state index contributed by atoms with van der Waals surface area (Å²) < 4.78 is 29.3. The molecule has 112 valence electrons. The van der Waals surface area contributed by atoms with Gasteiger partial charge in [0.05, 0.1) is 4.90 Å². The highest BCUT2D eigenvalue weighted by molar-refractivity contribution is 7.89. The zero-order valence-corrected chi connectivity index (χ0v) is 12.8. The van der Waals surface area contributed by atoms with Crippen molar-refractivity contribution in [1.29, 1.82) is 0 Å². The van der Waals surface area contributed by atoms with E-state index >= 15 is 0 Å². The van der Waals surface area contributed by atoms with E-state index in [0.717, 1.165) is 32.2 Å². The van der Waals surface area contributed by atoms with Crippen LogP contribution < -0.4 is 4.72 Å². The molecule has 1 aromatic carbocycles. The Labute approximate surface area is 125 Å². The molecule has 1 aromatic heterocycles. The van der Waals surface area contributed by atoms with Crippen molar-refractivity contribution in [3.05, 3.63) is 53.9 Å². The minimum Gasteiger partial charge on any atom is -0.354 e. The number of hydrogen-bond donors (Lipinski definition) is 1. The van der Waals surface area contributed by atoms with Gasteiger partial charge in [-0.05, 0) is 61.1 Å². The van der Waals surface area contributed by atoms with Crippen molar-refractivity contribution in [2.75, 3.05) is 6.54 Å². The zero-order valence-electron chi connectivity index (χ0n) is 12.0. The van der Waals surface area contributed by atoms with E-state index in [-0.39, 0.29) is 0 Å². The van der Waals surface area contributed by atoms with Crippen LogP contribution >= 0.6 is 0 Å². The number of nitrogens with one attached hydrogen (secondary N) is 1. The molecule has 1 aliphatic carbocycles. The molecule has 0 saturated heterocycles. The lowest BCUT2D eigenvalue weighted by Crippen LogP contribution is -2.25. The van der Waals surface area contributed by atoms with Crippen LogP contribution in [-0.4, -0.2) is 19.5 Å². The molecule has 0 saturated carbocycles. The summed E-state index contributed by atoms with van der Waals surface area (Å²) in [6, 6.07) is 9.44. The van der Waals surface area contributed by atoms with E-state index in [4.69, 9.17) is 0 Å². The fourth-order valence-electron chi connectivity index (χ4n) is 2.79. The summed E-state index contributed by atoms with van der Waals surface area (Å²) in [4.78, 5) is 0.393. The van der Waals surface area contributed by atoms with Crippen molar-refractivity contribution >= 4 is 10.0 Å². The topological polar surface area (TPSA) is 51.1 Å². The SMILES string of the molecule is O=S(=O)(NCCCn1cccc1)c1ccc2c(c1)CCC2. The molecule has 21 heavy (non-hydrogen) atoms. The van der Waals surface area contributed by atoms with Crippen LogP contribution in [0.15, 0.2) is 47.6 Å². The molecule has 5 heteroatoms. The van der Waals surface area contributed by atoms with Crippen molar-refractivity contribution in [3.63, 3.8) is 0 Å². The van der Waals surface area contributed by atoms with Gasteiger partial charge in [-0.25, -0.2) is 13.1 Å². The predicted octanol–water partition coefficient (Wildman–Crippen LogP) is 2.35. The van der Waals surface area contributed by atoms with Gasteiger partial charge in [0.2, 0.25) is 10.0 Å². The van der Waals surface area contributed by atoms with Crippen molar-refractivity contribution in [3.8, 4) is 0 Å². The van der Waals surface area contributed by atoms with Crippen LogP contribution in [0.4, 0.5) is 0 Å². The van der Waals surface area contributed by atoms with Gasteiger partial charge >= 0.3 is 0 Å². The van der Waals surface area contributed by atoms with Crippen LogP contribution in [0.1, 0.15) is 24.0 Å². The lowest BCUT2D eigenvalue weighted by Gasteiger charge is -2.09. The van der Waals surface area contributed by atoms with Gasteiger partial charge < -0.3 is 4.57 Å². The molecular formula is C16H20N2O2S. The number of nitrogens with zero attached hydrogens (tertiary/aromatic N) is 1. The standard InChI is InChI=1S/C16H20N2O2S/c19-21(20,17-9-4-12-18-10-1-2-11-18)16-8-7-14-5-3-6-15(14)13-16/h1-2,7-8,10-11,13,17H,3-6,9,12H2. The van der Waals surface area contributed by atoms with Gasteiger partial charge in [0.1, 0.15) is 0 Å². The number of hydrogen-bond acceptors (Lipinski definition) is 2. The first-order valence-electron chi connectivity index (χ1n) is 7.37. The summed E-state index contributed by atoms with van der Waals surface area (Å²) in [5, 5.41) is 0. The third-order valence-electron chi connectivity index (χ3n) is 3.93. The fraction of sp³-hybridized carbons (Fsp3) is 0.375. The quantitative estimate of drug-likeness (QED) is 0.833. The molecule has 1 aliphatic rings. The van der Waals surface area contributed by atoms with Crippen LogP contribution in [0.2, 0.25) is 0 Å². The summed E-state index contributed by atoms with van der Waals surface area (Å²) >= 11 is 0. The van der Waals surface area contributed by atoms with Gasteiger partial charge in [-0.3, -0.25) is 0 Å². The molecule has 0 amide bonds. The Morgan fingerprint density at radius 3 is 2.67 bits per heavy atom. The predicted molar refractivity (Wildman–Crippen MR) is 82.7 cm³/mol. The van der Waals surface area contributed by atoms with E-state index in [0.29, 0.717) is 11.4 Å². The molecule has 0 spiro atoms. The maximum Gasteiger partial charge on any atom is 0.240 e. The Balaban J connectivity index is 1.59. The van der Waals surface area contributed by atoms with Crippen molar-refractivity contribution in [1.82, 2.24) is 9.29 Å². The summed E-state index contributed by atoms with van der Waals surface area (Å²) in [6.45, 7) is 1.28. The summed E-state index contributed by atoms with van der Waals surface area (Å²) in [6.07, 6.45) is 7.93. The number of sulfonamides is 1. The lowest BCUT2D eigenvalue weighted by atomic mass is 10.1. The van der Waals surface area contributed by atoms with Crippen molar-refractivity contribution in [2.45, 2.75) is 37.1 Å². The monoisotopic (exact) mass is 304 g/mol. The van der Waals surface area contributed by atoms with Crippen molar-refractivity contribution < 1.29 is 8.42 Å². The highest BCUT2D eigenvalue weighted by atomic mass is 32.2. The Morgan fingerprint density at radius 2 is 1.86 bits per heavy atom. The summed E-state index contributed by atoms with van der Waals surface area (Å²) in [5.74, 6) is 0. The van der Waals surface area contributed by atoms with Crippen LogP contribution in [0.3, 0.4) is 0 Å². The van der Waals surface area contributed by atoms with Gasteiger partial charge in [0.15, 0.2) is 0 Å². The second-order valence-corrected chi connectivity index (χ2v) is 7.22. The molecule has 3 rings (SSSR count). The number of rotatable bonds is 6. The Hall–Kier alpha value is -1.59. The van der Waals surface area contributed by atoms with Gasteiger partial charge in [0.25, 0.3) is 0 Å². The number of aromatic nitrogens is 1. The zero-order chi connectivity index (χ0) is 14.7. The third kappa shape index (κ3) is 3.36. The van der Waals surface area contributed by atoms with E-state index in [9.17, 15) is 8.42 Å². The highest BCUT2D eigenvalue weighted by Crippen LogP contribution is 2.24. The molecule has 0 fully saturated rings. The minimum atomic E-state index is -3.38. The van der Waals surface area contributed by atoms with E-state index in [1.54, 1.807) is 6.07 Å². The average Bonchev–Trinajstić information content (AvgIpc) is 3.13. The lowest BCUT2D eigenvalue weighted by molar-refractivity contribution is 0.570. The van der Waals surface area contributed by atoms with Crippen LogP contribution in [0.25, 0.3) is 0 Å². The van der Waals surface area contributed by atoms with Gasteiger partial charge in [-0.2, -0.15) is 0 Å². The number of aryl methyl sites for hydroxylation is 3. The van der Waals surface area contributed by atoms with Crippen molar-refractivity contribution in [2.24, 2.45) is 0 Å². The maximum atomic E-state index is 12.3. The molecule has 4 nitrogen and oxygen atoms in total. The normalized spacial score (nSPS) is 14.3. The third-order valence-corrected chi connectivity index (χ3v) is 5.39. The molecule has 1 N–H and O–H groups in total. The first-order chi connectivity index (χ1) is 10.1. The Kier molecular flexibility index (Phi) is 4.12. The molecule has 0 unspecified atom stereocenters. The van der Waals surface area contributed by atoms with Crippen LogP contribution in [-0.2, 0) is 29.4 Å². The smallest absolute Gasteiger partial charge is 0.240 e. The first kappa shape index (κ1) is 14.4. The Bertz CT molecular complexity index is 706. The number of fused-ring (bicyclic) bond motifs is 1. The van der Waals surface area contributed by atoms with E-state index in [1.807, 2.05) is 41.2 Å². The fourth-order valence-corrected chi connectivity index (χ4v) is 3.91. The molecule has 1 heterocycles. The van der Waals surface area contributed by atoms with E-state index in [1.165, 1.54) is 11.1 Å². The summed E-state index contributed by atoms with van der Waals surface area (Å²) in [7, 11) is -3.38. The highest BCUT2D eigenvalue weighted by Gasteiger charge is 2.17. The van der Waals surface area contributed by atoms with Gasteiger partial charge in [-0.1, -0.05) is 6.07 Å². The second-order valence-electron chi connectivity index (χ2n) is 5.46. The first-order valence-corrected chi connectivity index (χ1v) is 8.86. The van der Waals surface area contributed by atoms with Crippen LogP contribution in [0.5, 0.6) is 0 Å². The summed E-state index contributed by atoms with van der Waals surface area (Å²) in [5.41, 5.74) is 2.48. The minimum absolute atomic E-state index is 0.393. The van der Waals surface area contributed by atoms with Gasteiger partial charge in [0, 0.05) is 25.5 Å². The molecule has 2 aromatic rings. The molecular weight excluding hydrogens is 284 g/mol. The second kappa shape index (κ2) is 6.03. The van der Waals surface area contributed by atoms with E-state index < -0.39 is 10.0 Å². The van der Waals surface area contributed by atoms with Crippen LogP contribution in [0, 0.1) is 0 Å².